The molecule has 0 aliphatic carbocycles. The second kappa shape index (κ2) is 5.16. The van der Waals surface area contributed by atoms with E-state index in [1.165, 1.54) is 12.4 Å². The van der Waals surface area contributed by atoms with Crippen molar-refractivity contribution in [3.63, 3.8) is 0 Å². The molecule has 0 aliphatic rings. The smallest absolute Gasteiger partial charge is 0.241 e. The first-order valence-corrected chi connectivity index (χ1v) is 5.26. The zero-order valence-corrected chi connectivity index (χ0v) is 9.46. The van der Waals surface area contributed by atoms with E-state index in [1.54, 1.807) is 18.2 Å². The molecule has 88 valence electrons. The Morgan fingerprint density at radius 1 is 1.24 bits per heavy atom. The number of aromatic nitrogens is 2. The van der Waals surface area contributed by atoms with E-state index in [0.29, 0.717) is 29.8 Å². The molecule has 2 N–H and O–H groups in total. The minimum Gasteiger partial charge on any atom is -0.477 e. The predicted molar refractivity (Wildman–Crippen MR) is 64.1 cm³/mol. The lowest BCUT2D eigenvalue weighted by atomic mass is 10.3. The third-order valence-corrected chi connectivity index (χ3v) is 1.96. The molecule has 0 atom stereocenters. The van der Waals surface area contributed by atoms with E-state index in [4.69, 9.17) is 15.2 Å². The van der Waals surface area contributed by atoms with Crippen LogP contribution in [-0.2, 0) is 0 Å². The maximum Gasteiger partial charge on any atom is 0.241 e. The molecule has 0 saturated carbocycles. The van der Waals surface area contributed by atoms with E-state index in [0.717, 1.165) is 0 Å². The van der Waals surface area contributed by atoms with E-state index >= 15 is 0 Å². The first kappa shape index (κ1) is 11.2. The maximum atomic E-state index is 5.65. The second-order valence-electron chi connectivity index (χ2n) is 3.30. The van der Waals surface area contributed by atoms with Crippen LogP contribution in [0.1, 0.15) is 6.92 Å². The zero-order valence-electron chi connectivity index (χ0n) is 9.46. The number of nitrogens with zero attached hydrogens (tertiary/aromatic N) is 2. The summed E-state index contributed by atoms with van der Waals surface area (Å²) in [6.07, 6.45) is 3.06. The summed E-state index contributed by atoms with van der Waals surface area (Å²) in [5, 5.41) is 0. The molecular weight excluding hydrogens is 218 g/mol. The van der Waals surface area contributed by atoms with E-state index in [1.807, 2.05) is 13.0 Å². The summed E-state index contributed by atoms with van der Waals surface area (Å²) in [7, 11) is 0. The quantitative estimate of drug-likeness (QED) is 0.817. The molecule has 0 bridgehead atoms. The molecule has 5 heteroatoms. The fourth-order valence-electron chi connectivity index (χ4n) is 1.30. The monoisotopic (exact) mass is 231 g/mol. The van der Waals surface area contributed by atoms with Gasteiger partial charge in [0.05, 0.1) is 19.0 Å². The van der Waals surface area contributed by atoms with Crippen molar-refractivity contribution in [2.75, 3.05) is 12.3 Å². The number of anilines is 1. The molecule has 1 heterocycles. The molecule has 17 heavy (non-hydrogen) atoms. The minimum absolute atomic E-state index is 0.376. The molecule has 0 saturated heterocycles. The van der Waals surface area contributed by atoms with E-state index in [2.05, 4.69) is 9.97 Å². The van der Waals surface area contributed by atoms with Gasteiger partial charge in [0.15, 0.2) is 0 Å². The van der Waals surface area contributed by atoms with Crippen LogP contribution < -0.4 is 15.2 Å². The van der Waals surface area contributed by atoms with Crippen LogP contribution in [-0.4, -0.2) is 16.6 Å². The first-order valence-electron chi connectivity index (χ1n) is 5.26. The number of rotatable bonds is 4. The topological polar surface area (TPSA) is 70.3 Å². The molecular formula is C12H13N3O2. The highest BCUT2D eigenvalue weighted by molar-refractivity contribution is 5.44. The first-order chi connectivity index (χ1) is 8.28. The summed E-state index contributed by atoms with van der Waals surface area (Å²) >= 11 is 0. The average Bonchev–Trinajstić information content (AvgIpc) is 2.30. The lowest BCUT2D eigenvalue weighted by molar-refractivity contribution is 0.319. The molecule has 0 aliphatic heterocycles. The lowest BCUT2D eigenvalue weighted by Crippen LogP contribution is -1.97. The fourth-order valence-corrected chi connectivity index (χ4v) is 1.30. The van der Waals surface area contributed by atoms with Crippen molar-refractivity contribution in [1.82, 2.24) is 9.97 Å². The number of ether oxygens (including phenoxy) is 2. The van der Waals surface area contributed by atoms with Crippen molar-refractivity contribution in [2.24, 2.45) is 0 Å². The van der Waals surface area contributed by atoms with Gasteiger partial charge < -0.3 is 15.2 Å². The molecule has 1 aromatic heterocycles. The highest BCUT2D eigenvalue weighted by Crippen LogP contribution is 2.22. The van der Waals surface area contributed by atoms with Gasteiger partial charge in [-0.05, 0) is 19.1 Å². The van der Waals surface area contributed by atoms with Gasteiger partial charge in [-0.3, -0.25) is 4.98 Å². The Labute approximate surface area is 99.2 Å². The van der Waals surface area contributed by atoms with Crippen LogP contribution >= 0.6 is 0 Å². The predicted octanol–water partition coefficient (Wildman–Crippen LogP) is 2.25. The van der Waals surface area contributed by atoms with Gasteiger partial charge in [0.1, 0.15) is 5.75 Å². The molecule has 5 nitrogen and oxygen atoms in total. The van der Waals surface area contributed by atoms with E-state index in [-0.39, 0.29) is 0 Å². The van der Waals surface area contributed by atoms with Gasteiger partial charge >= 0.3 is 0 Å². The van der Waals surface area contributed by atoms with Crippen LogP contribution in [0.2, 0.25) is 0 Å². The molecule has 2 rings (SSSR count). The number of hydrogen-bond donors (Lipinski definition) is 1. The molecule has 1 aromatic carbocycles. The summed E-state index contributed by atoms with van der Waals surface area (Å²) < 4.78 is 10.7. The van der Waals surface area contributed by atoms with Crippen molar-refractivity contribution >= 4 is 5.69 Å². The zero-order chi connectivity index (χ0) is 12.1. The van der Waals surface area contributed by atoms with Crippen molar-refractivity contribution in [3.8, 4) is 17.5 Å². The molecule has 0 spiro atoms. The molecule has 0 radical (unpaired) electrons. The Morgan fingerprint density at radius 3 is 2.82 bits per heavy atom. The van der Waals surface area contributed by atoms with E-state index in [9.17, 15) is 0 Å². The van der Waals surface area contributed by atoms with Gasteiger partial charge in [-0.1, -0.05) is 6.07 Å². The molecule has 2 aromatic rings. The summed E-state index contributed by atoms with van der Waals surface area (Å²) in [6, 6.07) is 7.11. The van der Waals surface area contributed by atoms with Crippen molar-refractivity contribution in [2.45, 2.75) is 6.92 Å². The van der Waals surface area contributed by atoms with Crippen molar-refractivity contribution in [1.29, 1.82) is 0 Å². The standard InChI is InChI=1S/C12H13N3O2/c1-2-16-11-7-14-8-12(15-11)17-10-5-3-4-9(13)6-10/h3-8H,2,13H2,1H3. The van der Waals surface area contributed by atoms with Crippen LogP contribution in [0.25, 0.3) is 0 Å². The number of hydrogen-bond acceptors (Lipinski definition) is 5. The summed E-state index contributed by atoms with van der Waals surface area (Å²) in [5.74, 6) is 1.43. The Morgan fingerprint density at radius 2 is 2.06 bits per heavy atom. The Hall–Kier alpha value is -2.30. The third kappa shape index (κ3) is 3.07. The van der Waals surface area contributed by atoms with Gasteiger partial charge in [-0.2, -0.15) is 4.98 Å². The van der Waals surface area contributed by atoms with Crippen molar-refractivity contribution < 1.29 is 9.47 Å². The van der Waals surface area contributed by atoms with Gasteiger partial charge in [0.2, 0.25) is 11.8 Å². The Kier molecular flexibility index (Phi) is 3.40. The van der Waals surface area contributed by atoms with Crippen LogP contribution in [0.3, 0.4) is 0 Å². The molecule has 0 fully saturated rings. The van der Waals surface area contributed by atoms with Gasteiger partial charge in [-0.25, -0.2) is 0 Å². The van der Waals surface area contributed by atoms with Crippen LogP contribution in [0, 0.1) is 0 Å². The van der Waals surface area contributed by atoms with Gasteiger partial charge in [-0.15, -0.1) is 0 Å². The second-order valence-corrected chi connectivity index (χ2v) is 3.30. The van der Waals surface area contributed by atoms with Crippen LogP contribution in [0.4, 0.5) is 5.69 Å². The van der Waals surface area contributed by atoms with Gasteiger partial charge in [0.25, 0.3) is 0 Å². The molecule has 0 amide bonds. The minimum atomic E-state index is 0.376. The Balaban J connectivity index is 2.15. The average molecular weight is 231 g/mol. The van der Waals surface area contributed by atoms with E-state index < -0.39 is 0 Å². The summed E-state index contributed by atoms with van der Waals surface area (Å²) in [6.45, 7) is 2.42. The largest absolute Gasteiger partial charge is 0.477 e. The van der Waals surface area contributed by atoms with Crippen LogP contribution in [0.5, 0.6) is 17.5 Å². The fraction of sp³-hybridized carbons (Fsp3) is 0.167. The number of benzene rings is 1. The number of nitrogen functional groups attached to an aromatic ring is 1. The number of nitrogens with two attached hydrogens (primary N) is 1. The lowest BCUT2D eigenvalue weighted by Gasteiger charge is -2.06. The highest BCUT2D eigenvalue weighted by Gasteiger charge is 2.02. The van der Waals surface area contributed by atoms with Crippen molar-refractivity contribution in [3.05, 3.63) is 36.7 Å². The third-order valence-electron chi connectivity index (χ3n) is 1.96. The molecule has 0 unspecified atom stereocenters. The normalized spacial score (nSPS) is 9.94. The van der Waals surface area contributed by atoms with Crippen LogP contribution in [0.15, 0.2) is 36.7 Å². The summed E-state index contributed by atoms with van der Waals surface area (Å²) in [4.78, 5) is 8.12. The summed E-state index contributed by atoms with van der Waals surface area (Å²) in [5.41, 5.74) is 6.28. The Bertz CT molecular complexity index is 503. The highest BCUT2D eigenvalue weighted by atomic mass is 16.5. The van der Waals surface area contributed by atoms with Gasteiger partial charge in [0, 0.05) is 11.8 Å². The maximum absolute atomic E-state index is 5.65. The SMILES string of the molecule is CCOc1cncc(Oc2cccc(N)c2)n1.